The number of nitrogens with zero attached hydrogens (tertiary/aromatic N) is 2. The first-order valence-electron chi connectivity index (χ1n) is 6.16. The highest BCUT2D eigenvalue weighted by Crippen LogP contribution is 2.03. The fourth-order valence-corrected chi connectivity index (χ4v) is 1.66. The largest absolute Gasteiger partial charge is 0.347 e. The first-order valence-corrected chi connectivity index (χ1v) is 6.16. The highest BCUT2D eigenvalue weighted by Gasteiger charge is 2.20. The van der Waals surface area contributed by atoms with Crippen molar-refractivity contribution in [1.82, 2.24) is 9.80 Å². The molecule has 20 heavy (non-hydrogen) atoms. The van der Waals surface area contributed by atoms with Crippen LogP contribution in [0.2, 0.25) is 0 Å². The molecule has 5 nitrogen and oxygen atoms in total. The number of halogens is 1. The first kappa shape index (κ1) is 18.4. The van der Waals surface area contributed by atoms with Crippen LogP contribution in [-0.2, 0) is 16.0 Å². The van der Waals surface area contributed by atoms with E-state index in [2.05, 4.69) is 0 Å². The van der Waals surface area contributed by atoms with Crippen LogP contribution in [0.5, 0.6) is 0 Å². The minimum Gasteiger partial charge on any atom is -0.347 e. The zero-order valence-electron chi connectivity index (χ0n) is 12.1. The van der Waals surface area contributed by atoms with Gasteiger partial charge in [-0.25, -0.2) is 0 Å². The van der Waals surface area contributed by atoms with Gasteiger partial charge >= 0.3 is 0 Å². The second-order valence-corrected chi connectivity index (χ2v) is 4.78. The Labute approximate surface area is 126 Å². The van der Waals surface area contributed by atoms with Gasteiger partial charge in [-0.3, -0.25) is 9.59 Å². The Morgan fingerprint density at radius 1 is 1.15 bits per heavy atom. The lowest BCUT2D eigenvalue weighted by molar-refractivity contribution is -0.138. The Kier molecular flexibility index (Phi) is 7.87. The number of rotatable bonds is 5. The summed E-state index contributed by atoms with van der Waals surface area (Å²) in [5, 5.41) is 0. The van der Waals surface area contributed by atoms with Crippen molar-refractivity contribution in [2.45, 2.75) is 12.5 Å². The molecule has 6 heteroatoms. The minimum atomic E-state index is -0.623. The molecule has 1 aromatic carbocycles. The molecular formula is C14H22ClN3O2. The fourth-order valence-electron chi connectivity index (χ4n) is 1.66. The van der Waals surface area contributed by atoms with E-state index in [1.807, 2.05) is 30.3 Å². The van der Waals surface area contributed by atoms with E-state index in [1.165, 1.54) is 9.80 Å². The average Bonchev–Trinajstić information content (AvgIpc) is 2.38. The molecule has 0 aliphatic heterocycles. The van der Waals surface area contributed by atoms with Crippen LogP contribution in [0.15, 0.2) is 30.3 Å². The number of benzene rings is 1. The van der Waals surface area contributed by atoms with Crippen LogP contribution in [0.4, 0.5) is 0 Å². The Bertz CT molecular complexity index is 437. The number of nitrogens with two attached hydrogens (primary N) is 1. The SMILES string of the molecule is CN(C)C(=O)CN(C)C(=O)C(N)Cc1ccccc1.Cl. The molecule has 2 N–H and O–H groups in total. The third-order valence-electron chi connectivity index (χ3n) is 2.86. The van der Waals surface area contributed by atoms with E-state index in [9.17, 15) is 9.59 Å². The van der Waals surface area contributed by atoms with Crippen LogP contribution < -0.4 is 5.73 Å². The molecule has 0 aliphatic carbocycles. The fraction of sp³-hybridized carbons (Fsp3) is 0.429. The van der Waals surface area contributed by atoms with Gasteiger partial charge in [-0.2, -0.15) is 0 Å². The van der Waals surface area contributed by atoms with Gasteiger partial charge in [-0.1, -0.05) is 30.3 Å². The van der Waals surface area contributed by atoms with Gasteiger partial charge < -0.3 is 15.5 Å². The average molecular weight is 300 g/mol. The van der Waals surface area contributed by atoms with E-state index in [-0.39, 0.29) is 30.8 Å². The summed E-state index contributed by atoms with van der Waals surface area (Å²) < 4.78 is 0. The van der Waals surface area contributed by atoms with Gasteiger partial charge in [0.2, 0.25) is 11.8 Å². The smallest absolute Gasteiger partial charge is 0.241 e. The molecule has 1 atom stereocenters. The molecule has 0 bridgehead atoms. The monoisotopic (exact) mass is 299 g/mol. The summed E-state index contributed by atoms with van der Waals surface area (Å²) in [7, 11) is 4.91. The molecule has 1 rings (SSSR count). The lowest BCUT2D eigenvalue weighted by Gasteiger charge is -2.22. The molecule has 0 spiro atoms. The van der Waals surface area contributed by atoms with Gasteiger partial charge in [-0.05, 0) is 12.0 Å². The molecule has 0 aromatic heterocycles. The summed E-state index contributed by atoms with van der Waals surface area (Å²) >= 11 is 0. The van der Waals surface area contributed by atoms with Crippen LogP contribution in [0.3, 0.4) is 0 Å². The van der Waals surface area contributed by atoms with Gasteiger partial charge in [0.15, 0.2) is 0 Å². The van der Waals surface area contributed by atoms with Crippen LogP contribution in [0, 0.1) is 0 Å². The predicted octanol–water partition coefficient (Wildman–Crippen LogP) is 0.525. The predicted molar refractivity (Wildman–Crippen MR) is 81.7 cm³/mol. The van der Waals surface area contributed by atoms with Crippen molar-refractivity contribution in [3.8, 4) is 0 Å². The second kappa shape index (κ2) is 8.55. The number of likely N-dealkylation sites (N-methyl/N-ethyl adjacent to an activating group) is 2. The summed E-state index contributed by atoms with van der Waals surface area (Å²) in [6.45, 7) is 0.0499. The van der Waals surface area contributed by atoms with E-state index < -0.39 is 6.04 Å². The van der Waals surface area contributed by atoms with Gasteiger partial charge in [0.1, 0.15) is 0 Å². The number of amides is 2. The maximum absolute atomic E-state index is 12.0. The first-order chi connectivity index (χ1) is 8.91. The molecular weight excluding hydrogens is 278 g/mol. The van der Waals surface area contributed by atoms with Gasteiger partial charge in [-0.15, -0.1) is 12.4 Å². The third kappa shape index (κ3) is 5.59. The van der Waals surface area contributed by atoms with Crippen LogP contribution in [0.25, 0.3) is 0 Å². The Hall–Kier alpha value is -1.59. The van der Waals surface area contributed by atoms with Crippen molar-refractivity contribution in [3.05, 3.63) is 35.9 Å². The van der Waals surface area contributed by atoms with Crippen molar-refractivity contribution < 1.29 is 9.59 Å². The highest BCUT2D eigenvalue weighted by atomic mass is 35.5. The summed E-state index contributed by atoms with van der Waals surface area (Å²) in [6.07, 6.45) is 0.472. The number of hydrogen-bond acceptors (Lipinski definition) is 3. The summed E-state index contributed by atoms with van der Waals surface area (Å²) in [5.74, 6) is -0.346. The van der Waals surface area contributed by atoms with Gasteiger partial charge in [0.05, 0.1) is 12.6 Å². The van der Waals surface area contributed by atoms with E-state index in [4.69, 9.17) is 5.73 Å². The third-order valence-corrected chi connectivity index (χ3v) is 2.86. The maximum Gasteiger partial charge on any atom is 0.241 e. The summed E-state index contributed by atoms with van der Waals surface area (Å²) in [5.41, 5.74) is 6.90. The molecule has 1 unspecified atom stereocenters. The van der Waals surface area contributed by atoms with Crippen LogP contribution >= 0.6 is 12.4 Å². The molecule has 0 radical (unpaired) electrons. The molecule has 0 fully saturated rings. The van der Waals surface area contributed by atoms with Crippen molar-refractivity contribution in [1.29, 1.82) is 0 Å². The van der Waals surface area contributed by atoms with E-state index in [0.29, 0.717) is 6.42 Å². The van der Waals surface area contributed by atoms with Crippen molar-refractivity contribution in [3.63, 3.8) is 0 Å². The van der Waals surface area contributed by atoms with E-state index in [1.54, 1.807) is 21.1 Å². The quantitative estimate of drug-likeness (QED) is 0.862. The summed E-state index contributed by atoms with van der Waals surface area (Å²) in [6, 6.07) is 8.97. The maximum atomic E-state index is 12.0. The molecule has 0 aliphatic rings. The normalized spacial score (nSPS) is 11.2. The van der Waals surface area contributed by atoms with E-state index >= 15 is 0 Å². The Morgan fingerprint density at radius 2 is 1.70 bits per heavy atom. The Balaban J connectivity index is 0.00000361. The van der Waals surface area contributed by atoms with E-state index in [0.717, 1.165) is 5.56 Å². The molecule has 1 aromatic rings. The summed E-state index contributed by atoms with van der Waals surface area (Å²) in [4.78, 5) is 26.4. The number of carbonyl (C=O) groups excluding carboxylic acids is 2. The second-order valence-electron chi connectivity index (χ2n) is 4.78. The van der Waals surface area contributed by atoms with Gasteiger partial charge in [0.25, 0.3) is 0 Å². The van der Waals surface area contributed by atoms with Crippen LogP contribution in [0.1, 0.15) is 5.56 Å². The number of hydrogen-bond donors (Lipinski definition) is 1. The van der Waals surface area contributed by atoms with Crippen molar-refractivity contribution >= 4 is 24.2 Å². The Morgan fingerprint density at radius 3 is 2.20 bits per heavy atom. The zero-order valence-corrected chi connectivity index (χ0v) is 12.9. The lowest BCUT2D eigenvalue weighted by Crippen LogP contribution is -2.46. The van der Waals surface area contributed by atoms with Crippen molar-refractivity contribution in [2.75, 3.05) is 27.7 Å². The molecule has 2 amide bonds. The molecule has 0 saturated heterocycles. The van der Waals surface area contributed by atoms with Crippen molar-refractivity contribution in [2.24, 2.45) is 5.73 Å². The lowest BCUT2D eigenvalue weighted by atomic mass is 10.1. The topological polar surface area (TPSA) is 66.6 Å². The number of carbonyl (C=O) groups is 2. The minimum absolute atomic E-state index is 0. The zero-order chi connectivity index (χ0) is 14.4. The molecule has 112 valence electrons. The van der Waals surface area contributed by atoms with Crippen LogP contribution in [-0.4, -0.2) is 55.3 Å². The standard InChI is InChI=1S/C14H21N3O2.ClH/c1-16(2)13(18)10-17(3)14(19)12(15)9-11-7-5-4-6-8-11;/h4-8,12H,9-10,15H2,1-3H3;1H. The van der Waals surface area contributed by atoms with Gasteiger partial charge in [0, 0.05) is 21.1 Å². The molecule has 0 saturated carbocycles. The highest BCUT2D eigenvalue weighted by molar-refractivity contribution is 5.87. The molecule has 0 heterocycles.